The molecule has 1 spiro atoms. The zero-order valence-electron chi connectivity index (χ0n) is 10.6. The topological polar surface area (TPSA) is 20.3 Å². The van der Waals surface area contributed by atoms with Gasteiger partial charge in [-0.25, -0.2) is 0 Å². The Morgan fingerprint density at radius 2 is 1.94 bits per heavy atom. The Bertz CT molecular complexity index is 443. The first kappa shape index (κ1) is 11.7. The van der Waals surface area contributed by atoms with E-state index in [2.05, 4.69) is 41.3 Å². The molecule has 0 bridgehead atoms. The number of likely N-dealkylation sites (tertiary alicyclic amines) is 1. The first-order valence-corrected chi connectivity index (χ1v) is 6.75. The molecule has 2 nitrogen and oxygen atoms in total. The minimum atomic E-state index is 0.102. The Labute approximate surface area is 108 Å². The van der Waals surface area contributed by atoms with Gasteiger partial charge in [0.15, 0.2) is 0 Å². The van der Waals surface area contributed by atoms with Crippen molar-refractivity contribution < 1.29 is 4.79 Å². The molecule has 0 amide bonds. The summed E-state index contributed by atoms with van der Waals surface area (Å²) in [6.45, 7) is 0.895. The minimum Gasteiger partial charge on any atom is -0.302 e. The molecule has 1 saturated heterocycles. The summed E-state index contributed by atoms with van der Waals surface area (Å²) in [5, 5.41) is 0. The van der Waals surface area contributed by atoms with Crippen LogP contribution in [-0.4, -0.2) is 22.8 Å². The van der Waals surface area contributed by atoms with Crippen LogP contribution in [0.2, 0.25) is 0 Å². The number of hydrogen-bond acceptors (Lipinski definition) is 2. The number of rotatable bonds is 3. The van der Waals surface area contributed by atoms with Gasteiger partial charge in [0.1, 0.15) is 6.29 Å². The third kappa shape index (κ3) is 1.91. The van der Waals surface area contributed by atoms with Gasteiger partial charge < -0.3 is 4.79 Å². The Hall–Kier alpha value is -1.41. The van der Waals surface area contributed by atoms with Gasteiger partial charge in [0.2, 0.25) is 0 Å². The van der Waals surface area contributed by atoms with Crippen LogP contribution in [0.15, 0.2) is 42.5 Å². The molecular formula is C16H19NO. The van der Waals surface area contributed by atoms with Gasteiger partial charge in [-0.1, -0.05) is 42.5 Å². The Kier molecular flexibility index (Phi) is 3.04. The Balaban J connectivity index is 1.84. The molecular weight excluding hydrogens is 222 g/mol. The first-order chi connectivity index (χ1) is 8.84. The second-order valence-corrected chi connectivity index (χ2v) is 5.46. The maximum Gasteiger partial charge on any atom is 0.137 e. The zero-order valence-corrected chi connectivity index (χ0v) is 10.6. The van der Waals surface area contributed by atoms with Crippen molar-refractivity contribution in [3.05, 3.63) is 48.0 Å². The van der Waals surface area contributed by atoms with Gasteiger partial charge in [0.05, 0.1) is 6.04 Å². The maximum absolute atomic E-state index is 11.3. The second-order valence-electron chi connectivity index (χ2n) is 5.46. The summed E-state index contributed by atoms with van der Waals surface area (Å²) in [6, 6.07) is 10.6. The molecule has 94 valence electrons. The summed E-state index contributed by atoms with van der Waals surface area (Å²) in [4.78, 5) is 13.7. The fourth-order valence-electron chi connectivity index (χ4n) is 3.40. The summed E-state index contributed by atoms with van der Waals surface area (Å²) in [5.74, 6) is 0. The highest BCUT2D eigenvalue weighted by molar-refractivity contribution is 5.59. The van der Waals surface area contributed by atoms with Crippen LogP contribution in [0.1, 0.15) is 31.2 Å². The van der Waals surface area contributed by atoms with Crippen molar-refractivity contribution in [1.29, 1.82) is 0 Å². The monoisotopic (exact) mass is 241 g/mol. The molecule has 2 heteroatoms. The van der Waals surface area contributed by atoms with E-state index >= 15 is 0 Å². The fourth-order valence-corrected chi connectivity index (χ4v) is 3.40. The first-order valence-electron chi connectivity index (χ1n) is 6.75. The molecule has 1 aromatic carbocycles. The van der Waals surface area contributed by atoms with E-state index in [4.69, 9.17) is 0 Å². The Morgan fingerprint density at radius 1 is 1.22 bits per heavy atom. The van der Waals surface area contributed by atoms with Gasteiger partial charge in [-0.05, 0) is 31.2 Å². The number of nitrogens with zero attached hydrogens (tertiary/aromatic N) is 1. The van der Waals surface area contributed by atoms with Crippen LogP contribution in [-0.2, 0) is 11.3 Å². The normalized spacial score (nSPS) is 25.9. The third-order valence-corrected chi connectivity index (χ3v) is 4.43. The van der Waals surface area contributed by atoms with Crippen LogP contribution in [0.3, 0.4) is 0 Å². The molecule has 0 N–H and O–H groups in total. The van der Waals surface area contributed by atoms with Gasteiger partial charge in [-0.2, -0.15) is 0 Å². The van der Waals surface area contributed by atoms with Crippen molar-refractivity contribution in [2.24, 2.45) is 0 Å². The van der Waals surface area contributed by atoms with Gasteiger partial charge in [-0.3, -0.25) is 4.90 Å². The van der Waals surface area contributed by atoms with Crippen molar-refractivity contribution >= 4 is 6.29 Å². The van der Waals surface area contributed by atoms with Crippen LogP contribution in [0.25, 0.3) is 0 Å². The standard InChI is InChI=1S/C16H19NO/c18-13-15-8-11-16(9-4-5-10-16)17(15)12-14-6-2-1-3-7-14/h1-7,13,15H,8-12H2. The molecule has 1 aliphatic carbocycles. The van der Waals surface area contributed by atoms with Crippen LogP contribution < -0.4 is 0 Å². The van der Waals surface area contributed by atoms with Gasteiger partial charge in [-0.15, -0.1) is 0 Å². The van der Waals surface area contributed by atoms with E-state index in [1.807, 2.05) is 6.07 Å². The number of carbonyl (C=O) groups excluding carboxylic acids is 1. The maximum atomic E-state index is 11.3. The summed E-state index contributed by atoms with van der Waals surface area (Å²) in [6.07, 6.45) is 10.0. The van der Waals surface area contributed by atoms with E-state index in [1.165, 1.54) is 5.56 Å². The highest BCUT2D eigenvalue weighted by Gasteiger charge is 2.45. The van der Waals surface area contributed by atoms with Crippen LogP contribution >= 0.6 is 0 Å². The second kappa shape index (κ2) is 4.69. The van der Waals surface area contributed by atoms with E-state index in [0.717, 1.165) is 38.5 Å². The minimum absolute atomic E-state index is 0.102. The van der Waals surface area contributed by atoms with Crippen LogP contribution in [0, 0.1) is 0 Å². The van der Waals surface area contributed by atoms with Crippen molar-refractivity contribution in [3.63, 3.8) is 0 Å². The number of benzene rings is 1. The average molecular weight is 241 g/mol. The van der Waals surface area contributed by atoms with Crippen molar-refractivity contribution in [2.45, 2.75) is 43.8 Å². The molecule has 0 saturated carbocycles. The number of aldehydes is 1. The fraction of sp³-hybridized carbons (Fsp3) is 0.438. The number of hydrogen-bond donors (Lipinski definition) is 0. The predicted molar refractivity (Wildman–Crippen MR) is 72.2 cm³/mol. The van der Waals surface area contributed by atoms with Crippen molar-refractivity contribution in [3.8, 4) is 0 Å². The van der Waals surface area contributed by atoms with E-state index in [1.54, 1.807) is 0 Å². The molecule has 1 aromatic rings. The van der Waals surface area contributed by atoms with E-state index in [-0.39, 0.29) is 11.6 Å². The van der Waals surface area contributed by atoms with Gasteiger partial charge >= 0.3 is 0 Å². The average Bonchev–Trinajstić information content (AvgIpc) is 3.01. The molecule has 0 aromatic heterocycles. The lowest BCUT2D eigenvalue weighted by Crippen LogP contribution is -2.45. The lowest BCUT2D eigenvalue weighted by molar-refractivity contribution is -0.113. The van der Waals surface area contributed by atoms with Gasteiger partial charge in [0, 0.05) is 12.1 Å². The molecule has 1 fully saturated rings. The SMILES string of the molecule is O=CC1CCC2(CC=CC2)N1Cc1ccccc1. The summed E-state index contributed by atoms with van der Waals surface area (Å²) in [5.41, 5.74) is 1.53. The van der Waals surface area contributed by atoms with Crippen LogP contribution in [0.5, 0.6) is 0 Å². The van der Waals surface area contributed by atoms with Crippen LogP contribution in [0.4, 0.5) is 0 Å². The molecule has 1 heterocycles. The largest absolute Gasteiger partial charge is 0.302 e. The van der Waals surface area contributed by atoms with Crippen molar-refractivity contribution in [1.82, 2.24) is 4.90 Å². The van der Waals surface area contributed by atoms with Crippen molar-refractivity contribution in [2.75, 3.05) is 0 Å². The zero-order chi connectivity index (χ0) is 12.4. The molecule has 2 aliphatic rings. The summed E-state index contributed by atoms with van der Waals surface area (Å²) in [7, 11) is 0. The van der Waals surface area contributed by atoms with E-state index in [0.29, 0.717) is 0 Å². The van der Waals surface area contributed by atoms with Gasteiger partial charge in [0.25, 0.3) is 0 Å². The molecule has 1 aliphatic heterocycles. The Morgan fingerprint density at radius 3 is 2.61 bits per heavy atom. The highest BCUT2D eigenvalue weighted by atomic mass is 16.1. The lowest BCUT2D eigenvalue weighted by Gasteiger charge is -2.37. The molecule has 3 rings (SSSR count). The third-order valence-electron chi connectivity index (χ3n) is 4.43. The van der Waals surface area contributed by atoms with E-state index < -0.39 is 0 Å². The smallest absolute Gasteiger partial charge is 0.137 e. The predicted octanol–water partition coefficient (Wildman–Crippen LogP) is 2.94. The molecule has 18 heavy (non-hydrogen) atoms. The lowest BCUT2D eigenvalue weighted by atomic mass is 9.93. The molecule has 0 radical (unpaired) electrons. The van der Waals surface area contributed by atoms with E-state index in [9.17, 15) is 4.79 Å². The number of carbonyl (C=O) groups is 1. The molecule has 1 unspecified atom stereocenters. The highest BCUT2D eigenvalue weighted by Crippen LogP contribution is 2.43. The quantitative estimate of drug-likeness (QED) is 0.599. The molecule has 1 atom stereocenters. The summed E-state index contributed by atoms with van der Waals surface area (Å²) >= 11 is 0. The summed E-state index contributed by atoms with van der Waals surface area (Å²) < 4.78 is 0.